The second-order valence-electron chi connectivity index (χ2n) is 8.89. The second-order valence-corrected chi connectivity index (χ2v) is 9.32. The van der Waals surface area contributed by atoms with Gasteiger partial charge in [-0.15, -0.1) is 0 Å². The Bertz CT molecular complexity index is 1250. The van der Waals surface area contributed by atoms with Gasteiger partial charge in [0.05, 0.1) is 19.8 Å². The van der Waals surface area contributed by atoms with Crippen LogP contribution in [0, 0.1) is 0 Å². The summed E-state index contributed by atoms with van der Waals surface area (Å²) >= 11 is 5.94. The lowest BCUT2D eigenvalue weighted by atomic mass is 10.1. The highest BCUT2D eigenvalue weighted by molar-refractivity contribution is 6.30. The van der Waals surface area contributed by atoms with Crippen LogP contribution in [0.15, 0.2) is 60.7 Å². The first-order chi connectivity index (χ1) is 18.9. The fourth-order valence-electron chi connectivity index (χ4n) is 4.42. The lowest BCUT2D eigenvalue weighted by Gasteiger charge is -2.36. The Labute approximate surface area is 234 Å². The Kier molecular flexibility index (Phi) is 9.54. The van der Waals surface area contributed by atoms with Crippen LogP contribution in [-0.2, 0) is 0 Å². The summed E-state index contributed by atoms with van der Waals surface area (Å²) in [5.74, 6) is 1.18. The molecule has 1 fully saturated rings. The number of anilines is 2. The van der Waals surface area contributed by atoms with Gasteiger partial charge in [-0.1, -0.05) is 11.6 Å². The molecule has 1 N–H and O–H groups in total. The molecule has 8 nitrogen and oxygen atoms in total. The third kappa shape index (κ3) is 6.95. The van der Waals surface area contributed by atoms with Crippen LogP contribution in [0.3, 0.4) is 0 Å². The summed E-state index contributed by atoms with van der Waals surface area (Å²) in [5, 5.41) is 3.56. The summed E-state index contributed by atoms with van der Waals surface area (Å²) in [6, 6.07) is 18.0. The zero-order valence-corrected chi connectivity index (χ0v) is 23.3. The number of halogens is 1. The minimum absolute atomic E-state index is 0.0126. The van der Waals surface area contributed by atoms with E-state index in [9.17, 15) is 9.59 Å². The monoisotopic (exact) mass is 551 g/mol. The van der Waals surface area contributed by atoms with Crippen molar-refractivity contribution < 1.29 is 23.8 Å². The molecule has 39 heavy (non-hydrogen) atoms. The zero-order valence-electron chi connectivity index (χ0n) is 22.5. The molecule has 1 aliphatic rings. The van der Waals surface area contributed by atoms with Crippen LogP contribution in [0.25, 0.3) is 0 Å². The van der Waals surface area contributed by atoms with E-state index in [1.165, 1.54) is 0 Å². The molecule has 0 aliphatic carbocycles. The molecule has 0 spiro atoms. The number of rotatable bonds is 10. The maximum Gasteiger partial charge on any atom is 0.255 e. The molecular weight excluding hydrogens is 518 g/mol. The summed E-state index contributed by atoms with van der Waals surface area (Å²) in [7, 11) is 0. The van der Waals surface area contributed by atoms with Crippen LogP contribution in [-0.4, -0.2) is 62.7 Å². The molecule has 4 rings (SSSR count). The number of hydrogen-bond donors (Lipinski definition) is 1. The van der Waals surface area contributed by atoms with Gasteiger partial charge in [-0.05, 0) is 81.4 Å². The van der Waals surface area contributed by atoms with Crippen LogP contribution < -0.4 is 24.4 Å². The lowest BCUT2D eigenvalue weighted by molar-refractivity contribution is 0.0746. The summed E-state index contributed by atoms with van der Waals surface area (Å²) in [4.78, 5) is 30.0. The van der Waals surface area contributed by atoms with Gasteiger partial charge < -0.3 is 29.3 Å². The Morgan fingerprint density at radius 3 is 1.87 bits per heavy atom. The summed E-state index contributed by atoms with van der Waals surface area (Å²) in [6.07, 6.45) is 0. The number of carbonyl (C=O) groups excluding carboxylic acids is 2. The number of hydrogen-bond acceptors (Lipinski definition) is 6. The Hall–Kier alpha value is -3.91. The fourth-order valence-corrected chi connectivity index (χ4v) is 4.55. The minimum atomic E-state index is -0.276. The van der Waals surface area contributed by atoms with Crippen LogP contribution in [0.5, 0.6) is 17.2 Å². The van der Waals surface area contributed by atoms with Gasteiger partial charge in [-0.25, -0.2) is 0 Å². The van der Waals surface area contributed by atoms with Gasteiger partial charge in [0, 0.05) is 53.7 Å². The molecule has 3 aromatic carbocycles. The standard InChI is InChI=1S/C30H34ClN3O5/c1-4-37-26-19-22(20-27(38-5-2)28(26)39-6-3)29(35)32-24-11-13-25(14-12-24)33-15-17-34(18-16-33)30(36)21-7-9-23(31)10-8-21/h7-14,19-20H,4-6,15-18H2,1-3H3,(H,32,35). The van der Waals surface area contributed by atoms with Gasteiger partial charge in [0.15, 0.2) is 11.5 Å². The molecule has 0 unspecified atom stereocenters. The maximum absolute atomic E-state index is 13.1. The van der Waals surface area contributed by atoms with Gasteiger partial charge in [-0.3, -0.25) is 9.59 Å². The van der Waals surface area contributed by atoms with Crippen molar-refractivity contribution in [2.75, 3.05) is 56.2 Å². The van der Waals surface area contributed by atoms with Crippen molar-refractivity contribution in [1.82, 2.24) is 4.90 Å². The molecule has 3 aromatic rings. The van der Waals surface area contributed by atoms with Gasteiger partial charge in [0.25, 0.3) is 11.8 Å². The number of ether oxygens (including phenoxy) is 3. The van der Waals surface area contributed by atoms with E-state index in [0.29, 0.717) is 72.0 Å². The SMILES string of the molecule is CCOc1cc(C(=O)Nc2ccc(N3CCN(C(=O)c4ccc(Cl)cc4)CC3)cc2)cc(OCC)c1OCC. The molecule has 0 atom stereocenters. The fraction of sp³-hybridized carbons (Fsp3) is 0.333. The van der Waals surface area contributed by atoms with Gasteiger partial charge in [0.2, 0.25) is 5.75 Å². The van der Waals surface area contributed by atoms with Crippen molar-refractivity contribution in [3.8, 4) is 17.2 Å². The molecular formula is C30H34ClN3O5. The van der Waals surface area contributed by atoms with E-state index in [-0.39, 0.29) is 11.8 Å². The number of carbonyl (C=O) groups is 2. The van der Waals surface area contributed by atoms with Gasteiger partial charge >= 0.3 is 0 Å². The summed E-state index contributed by atoms with van der Waals surface area (Å²) in [5.41, 5.74) is 2.76. The Morgan fingerprint density at radius 1 is 0.769 bits per heavy atom. The molecule has 1 heterocycles. The molecule has 0 radical (unpaired) electrons. The van der Waals surface area contributed by atoms with Crippen molar-refractivity contribution in [1.29, 1.82) is 0 Å². The van der Waals surface area contributed by atoms with Crippen molar-refractivity contribution >= 4 is 34.8 Å². The first-order valence-electron chi connectivity index (χ1n) is 13.2. The number of amides is 2. The van der Waals surface area contributed by atoms with Crippen LogP contribution in [0.4, 0.5) is 11.4 Å². The third-order valence-corrected chi connectivity index (χ3v) is 6.57. The van der Waals surface area contributed by atoms with Crippen molar-refractivity contribution in [2.45, 2.75) is 20.8 Å². The van der Waals surface area contributed by atoms with E-state index in [2.05, 4.69) is 10.2 Å². The molecule has 0 aromatic heterocycles. The van der Waals surface area contributed by atoms with E-state index in [1.807, 2.05) is 49.9 Å². The quantitative estimate of drug-likeness (QED) is 0.345. The minimum Gasteiger partial charge on any atom is -0.490 e. The first-order valence-corrected chi connectivity index (χ1v) is 13.6. The van der Waals surface area contributed by atoms with Crippen LogP contribution in [0.2, 0.25) is 5.02 Å². The Morgan fingerprint density at radius 2 is 1.33 bits per heavy atom. The molecule has 1 aliphatic heterocycles. The number of piperazine rings is 1. The predicted molar refractivity (Wildman–Crippen MR) is 154 cm³/mol. The van der Waals surface area contributed by atoms with Crippen molar-refractivity contribution in [3.63, 3.8) is 0 Å². The second kappa shape index (κ2) is 13.2. The number of benzene rings is 3. The summed E-state index contributed by atoms with van der Waals surface area (Å²) in [6.45, 7) is 9.65. The average molecular weight is 552 g/mol. The third-order valence-electron chi connectivity index (χ3n) is 6.32. The Balaban J connectivity index is 1.39. The highest BCUT2D eigenvalue weighted by Gasteiger charge is 2.23. The number of nitrogens with one attached hydrogen (secondary N) is 1. The molecule has 0 saturated carbocycles. The van der Waals surface area contributed by atoms with E-state index in [0.717, 1.165) is 18.8 Å². The molecule has 1 saturated heterocycles. The molecule has 2 amide bonds. The zero-order chi connectivity index (χ0) is 27.8. The largest absolute Gasteiger partial charge is 0.490 e. The van der Waals surface area contributed by atoms with Crippen LogP contribution >= 0.6 is 11.6 Å². The molecule has 0 bridgehead atoms. The maximum atomic E-state index is 13.1. The van der Waals surface area contributed by atoms with E-state index < -0.39 is 0 Å². The van der Waals surface area contributed by atoms with Crippen molar-refractivity contribution in [3.05, 3.63) is 76.8 Å². The van der Waals surface area contributed by atoms with E-state index in [1.54, 1.807) is 36.4 Å². The molecule has 9 heteroatoms. The van der Waals surface area contributed by atoms with Crippen LogP contribution in [0.1, 0.15) is 41.5 Å². The van der Waals surface area contributed by atoms with E-state index in [4.69, 9.17) is 25.8 Å². The van der Waals surface area contributed by atoms with E-state index >= 15 is 0 Å². The first kappa shape index (κ1) is 28.1. The van der Waals surface area contributed by atoms with Crippen molar-refractivity contribution in [2.24, 2.45) is 0 Å². The highest BCUT2D eigenvalue weighted by Crippen LogP contribution is 2.39. The summed E-state index contributed by atoms with van der Waals surface area (Å²) < 4.78 is 17.2. The number of nitrogens with zero attached hydrogens (tertiary/aromatic N) is 2. The highest BCUT2D eigenvalue weighted by atomic mass is 35.5. The lowest BCUT2D eigenvalue weighted by Crippen LogP contribution is -2.48. The smallest absolute Gasteiger partial charge is 0.255 e. The molecule has 206 valence electrons. The van der Waals surface area contributed by atoms with Gasteiger partial charge in [-0.2, -0.15) is 0 Å². The predicted octanol–water partition coefficient (Wildman–Crippen LogP) is 5.75. The average Bonchev–Trinajstić information content (AvgIpc) is 2.95. The normalized spacial score (nSPS) is 13.1. The van der Waals surface area contributed by atoms with Gasteiger partial charge in [0.1, 0.15) is 0 Å². The topological polar surface area (TPSA) is 80.3 Å².